The summed E-state index contributed by atoms with van der Waals surface area (Å²) in [5.41, 5.74) is 0.812. The lowest BCUT2D eigenvalue weighted by Crippen LogP contribution is -2.08. The van der Waals surface area contributed by atoms with Crippen molar-refractivity contribution in [3.8, 4) is 5.75 Å². The fourth-order valence-corrected chi connectivity index (χ4v) is 1.61. The summed E-state index contributed by atoms with van der Waals surface area (Å²) in [5.74, 6) is -0.0162. The van der Waals surface area contributed by atoms with Crippen LogP contribution in [0, 0.1) is 5.82 Å². The van der Waals surface area contributed by atoms with E-state index in [2.05, 4.69) is 15.9 Å². The molecule has 0 aliphatic rings. The van der Waals surface area contributed by atoms with E-state index < -0.39 is 0 Å². The van der Waals surface area contributed by atoms with Crippen LogP contribution in [0.1, 0.15) is 12.5 Å². The molecule has 0 atom stereocenters. The van der Waals surface area contributed by atoms with Crippen molar-refractivity contribution in [3.05, 3.63) is 29.6 Å². The summed E-state index contributed by atoms with van der Waals surface area (Å²) >= 11 is 3.29. The first kappa shape index (κ1) is 12.5. The van der Waals surface area contributed by atoms with Gasteiger partial charge in [0.05, 0.1) is 6.61 Å². The van der Waals surface area contributed by atoms with Gasteiger partial charge in [-0.05, 0) is 13.0 Å². The number of para-hydroxylation sites is 1. The van der Waals surface area contributed by atoms with Gasteiger partial charge in [-0.1, -0.05) is 28.1 Å². The summed E-state index contributed by atoms with van der Waals surface area (Å²) in [6, 6.07) is 4.89. The minimum Gasteiger partial charge on any atom is -0.488 e. The van der Waals surface area contributed by atoms with Gasteiger partial charge < -0.3 is 9.47 Å². The van der Waals surface area contributed by atoms with Gasteiger partial charge in [0, 0.05) is 17.5 Å². The number of ether oxygens (including phenoxy) is 2. The highest BCUT2D eigenvalue weighted by Crippen LogP contribution is 2.24. The van der Waals surface area contributed by atoms with E-state index in [9.17, 15) is 4.39 Å². The Bertz CT molecular complexity index is 305. The molecular weight excluding hydrogens is 263 g/mol. The van der Waals surface area contributed by atoms with Crippen molar-refractivity contribution in [3.63, 3.8) is 0 Å². The van der Waals surface area contributed by atoms with Crippen LogP contribution >= 0.6 is 15.9 Å². The van der Waals surface area contributed by atoms with E-state index in [0.717, 1.165) is 5.56 Å². The largest absolute Gasteiger partial charge is 0.488 e. The third kappa shape index (κ3) is 3.80. The van der Waals surface area contributed by atoms with Gasteiger partial charge in [0.25, 0.3) is 0 Å². The van der Waals surface area contributed by atoms with Gasteiger partial charge in [0.2, 0.25) is 0 Å². The molecule has 84 valence electrons. The van der Waals surface area contributed by atoms with Crippen LogP contribution in [0.5, 0.6) is 5.75 Å². The van der Waals surface area contributed by atoms with Crippen LogP contribution < -0.4 is 4.74 Å². The Morgan fingerprint density at radius 2 is 2.13 bits per heavy atom. The molecule has 0 spiro atoms. The van der Waals surface area contributed by atoms with Crippen molar-refractivity contribution in [1.29, 1.82) is 0 Å². The summed E-state index contributed by atoms with van der Waals surface area (Å²) in [4.78, 5) is 0. The van der Waals surface area contributed by atoms with E-state index in [1.165, 1.54) is 6.07 Å². The molecule has 0 saturated heterocycles. The highest BCUT2D eigenvalue weighted by atomic mass is 79.9. The van der Waals surface area contributed by atoms with Gasteiger partial charge in [0.1, 0.15) is 6.61 Å². The van der Waals surface area contributed by atoms with Crippen LogP contribution in [0.3, 0.4) is 0 Å². The number of rotatable bonds is 6. The van der Waals surface area contributed by atoms with Gasteiger partial charge in [-0.3, -0.25) is 0 Å². The van der Waals surface area contributed by atoms with E-state index in [1.807, 2.05) is 13.0 Å². The van der Waals surface area contributed by atoms with Gasteiger partial charge in [0.15, 0.2) is 11.6 Å². The smallest absolute Gasteiger partial charge is 0.165 e. The molecule has 0 saturated carbocycles. The first-order valence-electron chi connectivity index (χ1n) is 4.83. The number of alkyl halides is 1. The number of hydrogen-bond donors (Lipinski definition) is 0. The van der Waals surface area contributed by atoms with E-state index in [1.54, 1.807) is 6.07 Å². The predicted molar refractivity (Wildman–Crippen MR) is 61.0 cm³/mol. The molecule has 4 heteroatoms. The molecule has 1 rings (SSSR count). The standard InChI is InChI=1S/C11H14BrFO2/c1-2-14-6-7-15-11-9(8-12)4-3-5-10(11)13/h3-5H,2,6-8H2,1H3. The van der Waals surface area contributed by atoms with Crippen molar-refractivity contribution in [2.45, 2.75) is 12.3 Å². The summed E-state index contributed by atoms with van der Waals surface area (Å²) in [7, 11) is 0. The molecule has 0 N–H and O–H groups in total. The molecule has 0 aliphatic carbocycles. The van der Waals surface area contributed by atoms with Crippen molar-refractivity contribution in [2.24, 2.45) is 0 Å². The van der Waals surface area contributed by atoms with Crippen molar-refractivity contribution in [1.82, 2.24) is 0 Å². The van der Waals surface area contributed by atoms with Crippen LogP contribution in [0.25, 0.3) is 0 Å². The lowest BCUT2D eigenvalue weighted by Gasteiger charge is -2.10. The Hall–Kier alpha value is -0.610. The van der Waals surface area contributed by atoms with Gasteiger partial charge in [-0.2, -0.15) is 0 Å². The maximum absolute atomic E-state index is 13.4. The Morgan fingerprint density at radius 3 is 2.80 bits per heavy atom. The van der Waals surface area contributed by atoms with E-state index in [4.69, 9.17) is 9.47 Å². The molecule has 1 aromatic rings. The topological polar surface area (TPSA) is 18.5 Å². The minimum absolute atomic E-state index is 0.314. The maximum atomic E-state index is 13.4. The van der Waals surface area contributed by atoms with E-state index in [0.29, 0.717) is 30.9 Å². The first-order valence-corrected chi connectivity index (χ1v) is 5.95. The Kier molecular flexibility index (Phi) is 5.65. The zero-order valence-corrected chi connectivity index (χ0v) is 10.2. The molecule has 2 nitrogen and oxygen atoms in total. The molecular formula is C11H14BrFO2. The van der Waals surface area contributed by atoms with Crippen molar-refractivity contribution >= 4 is 15.9 Å². The second-order valence-electron chi connectivity index (χ2n) is 2.91. The fourth-order valence-electron chi connectivity index (χ4n) is 1.17. The molecule has 15 heavy (non-hydrogen) atoms. The van der Waals surface area contributed by atoms with Gasteiger partial charge in [-0.25, -0.2) is 4.39 Å². The van der Waals surface area contributed by atoms with Crippen molar-refractivity contribution in [2.75, 3.05) is 19.8 Å². The van der Waals surface area contributed by atoms with E-state index >= 15 is 0 Å². The predicted octanol–water partition coefficient (Wildman–Crippen LogP) is 3.14. The Balaban J connectivity index is 2.58. The summed E-state index contributed by atoms with van der Waals surface area (Å²) in [6.07, 6.45) is 0. The monoisotopic (exact) mass is 276 g/mol. The third-order valence-electron chi connectivity index (χ3n) is 1.87. The number of hydrogen-bond acceptors (Lipinski definition) is 2. The fraction of sp³-hybridized carbons (Fsp3) is 0.455. The molecule has 0 amide bonds. The molecule has 0 fully saturated rings. The third-order valence-corrected chi connectivity index (χ3v) is 2.47. The number of halogens is 2. The maximum Gasteiger partial charge on any atom is 0.165 e. The second kappa shape index (κ2) is 6.80. The molecule has 0 heterocycles. The molecule has 1 aromatic carbocycles. The normalized spacial score (nSPS) is 10.3. The highest BCUT2D eigenvalue weighted by Gasteiger charge is 2.08. The molecule has 0 unspecified atom stereocenters. The minimum atomic E-state index is -0.330. The van der Waals surface area contributed by atoms with Crippen LogP contribution in [-0.2, 0) is 10.1 Å². The number of benzene rings is 1. The van der Waals surface area contributed by atoms with Crippen LogP contribution in [-0.4, -0.2) is 19.8 Å². The average molecular weight is 277 g/mol. The van der Waals surface area contributed by atoms with Crippen molar-refractivity contribution < 1.29 is 13.9 Å². The second-order valence-corrected chi connectivity index (χ2v) is 3.47. The SMILES string of the molecule is CCOCCOc1c(F)cccc1CBr. The molecule has 0 bridgehead atoms. The lowest BCUT2D eigenvalue weighted by atomic mass is 10.2. The Labute approximate surface area is 97.5 Å². The molecule has 0 radical (unpaired) electrons. The molecule has 0 aromatic heterocycles. The van der Waals surface area contributed by atoms with Gasteiger partial charge in [-0.15, -0.1) is 0 Å². The lowest BCUT2D eigenvalue weighted by molar-refractivity contribution is 0.108. The average Bonchev–Trinajstić information content (AvgIpc) is 2.26. The zero-order valence-electron chi connectivity index (χ0n) is 8.63. The summed E-state index contributed by atoms with van der Waals surface area (Å²) in [6.45, 7) is 3.40. The highest BCUT2D eigenvalue weighted by molar-refractivity contribution is 9.08. The Morgan fingerprint density at radius 1 is 1.33 bits per heavy atom. The summed E-state index contributed by atoms with van der Waals surface area (Å²) < 4.78 is 23.8. The van der Waals surface area contributed by atoms with Gasteiger partial charge >= 0.3 is 0 Å². The quantitative estimate of drug-likeness (QED) is 0.587. The molecule has 0 aliphatic heterocycles. The van der Waals surface area contributed by atoms with Crippen LogP contribution in [0.2, 0.25) is 0 Å². The van der Waals surface area contributed by atoms with Crippen LogP contribution in [0.15, 0.2) is 18.2 Å². The van der Waals surface area contributed by atoms with Crippen LogP contribution in [0.4, 0.5) is 4.39 Å². The first-order chi connectivity index (χ1) is 7.29. The zero-order chi connectivity index (χ0) is 11.1. The summed E-state index contributed by atoms with van der Waals surface area (Å²) in [5, 5.41) is 0.578. The van der Waals surface area contributed by atoms with E-state index in [-0.39, 0.29) is 5.82 Å².